The van der Waals surface area contributed by atoms with E-state index in [1.807, 2.05) is 6.07 Å². The molecule has 0 spiro atoms. The molecule has 0 saturated heterocycles. The van der Waals surface area contributed by atoms with Crippen molar-refractivity contribution in [1.29, 1.82) is 5.26 Å². The Labute approximate surface area is 151 Å². The molecule has 0 N–H and O–H groups in total. The van der Waals surface area contributed by atoms with Gasteiger partial charge in [-0.05, 0) is 48.0 Å². The molecule has 2 aromatic rings. The highest BCUT2D eigenvalue weighted by Crippen LogP contribution is 2.36. The van der Waals surface area contributed by atoms with Gasteiger partial charge in [-0.3, -0.25) is 4.79 Å². The van der Waals surface area contributed by atoms with Crippen molar-refractivity contribution in [3.8, 4) is 23.3 Å². The van der Waals surface area contributed by atoms with Crippen LogP contribution in [0.1, 0.15) is 15.9 Å². The Kier molecular flexibility index (Phi) is 6.04. The van der Waals surface area contributed by atoms with Crippen molar-refractivity contribution in [1.82, 2.24) is 0 Å². The number of ketones is 1. The highest BCUT2D eigenvalue weighted by molar-refractivity contribution is 6.32. The lowest BCUT2D eigenvalue weighted by atomic mass is 10.0. The number of nitrogens with zero attached hydrogens (tertiary/aromatic N) is 1. The Bertz CT molecular complexity index is 851. The fourth-order valence-corrected chi connectivity index (χ4v) is 2.53. The second-order valence-corrected chi connectivity index (χ2v) is 5.37. The Morgan fingerprint density at radius 1 is 1.08 bits per heavy atom. The summed E-state index contributed by atoms with van der Waals surface area (Å²) in [6, 6.07) is 11.7. The number of methoxy groups -OCH3 is 3. The maximum absolute atomic E-state index is 12.5. The Morgan fingerprint density at radius 2 is 1.76 bits per heavy atom. The van der Waals surface area contributed by atoms with Crippen molar-refractivity contribution >= 4 is 23.5 Å². The van der Waals surface area contributed by atoms with Crippen LogP contribution in [-0.2, 0) is 0 Å². The summed E-state index contributed by atoms with van der Waals surface area (Å²) in [5, 5.41) is 9.69. The van der Waals surface area contributed by atoms with Crippen LogP contribution in [0.15, 0.2) is 42.0 Å². The van der Waals surface area contributed by atoms with Crippen LogP contribution >= 0.6 is 11.6 Å². The molecule has 6 heteroatoms. The zero-order chi connectivity index (χ0) is 18.4. The van der Waals surface area contributed by atoms with E-state index < -0.39 is 5.78 Å². The van der Waals surface area contributed by atoms with Crippen molar-refractivity contribution in [2.75, 3.05) is 21.3 Å². The van der Waals surface area contributed by atoms with E-state index in [0.717, 1.165) is 0 Å². The summed E-state index contributed by atoms with van der Waals surface area (Å²) in [7, 11) is 4.50. The maximum Gasteiger partial charge on any atom is 0.203 e. The SMILES string of the molecule is COc1ccc(C(=O)/C(C#N)=C/c2cc(Cl)c(OC)c(OC)c2)cc1. The van der Waals surface area contributed by atoms with Gasteiger partial charge < -0.3 is 14.2 Å². The third-order valence-electron chi connectivity index (χ3n) is 3.48. The molecule has 5 nitrogen and oxygen atoms in total. The van der Waals surface area contributed by atoms with Gasteiger partial charge in [0.2, 0.25) is 5.78 Å². The molecule has 0 amide bonds. The van der Waals surface area contributed by atoms with Crippen molar-refractivity contribution in [2.45, 2.75) is 0 Å². The summed E-state index contributed by atoms with van der Waals surface area (Å²) < 4.78 is 15.5. The van der Waals surface area contributed by atoms with Crippen LogP contribution in [0.3, 0.4) is 0 Å². The first kappa shape index (κ1) is 18.4. The van der Waals surface area contributed by atoms with Crippen LogP contribution < -0.4 is 14.2 Å². The van der Waals surface area contributed by atoms with Gasteiger partial charge in [0.05, 0.1) is 26.4 Å². The van der Waals surface area contributed by atoms with Gasteiger partial charge in [-0.1, -0.05) is 11.6 Å². The third-order valence-corrected chi connectivity index (χ3v) is 3.76. The number of rotatable bonds is 6. The van der Waals surface area contributed by atoms with E-state index in [-0.39, 0.29) is 5.57 Å². The number of allylic oxidation sites excluding steroid dienone is 1. The lowest BCUT2D eigenvalue weighted by Crippen LogP contribution is -2.02. The molecule has 0 atom stereocenters. The molecule has 25 heavy (non-hydrogen) atoms. The molecular weight excluding hydrogens is 342 g/mol. The second-order valence-electron chi connectivity index (χ2n) is 4.97. The van der Waals surface area contributed by atoms with Gasteiger partial charge in [0.25, 0.3) is 0 Å². The first-order chi connectivity index (χ1) is 12.0. The molecule has 0 unspecified atom stereocenters. The molecule has 0 aliphatic rings. The predicted octanol–water partition coefficient (Wildman–Crippen LogP) is 4.16. The lowest BCUT2D eigenvalue weighted by molar-refractivity contribution is 0.104. The van der Waals surface area contributed by atoms with Crippen molar-refractivity contribution in [3.63, 3.8) is 0 Å². The van der Waals surface area contributed by atoms with Crippen LogP contribution in [0.4, 0.5) is 0 Å². The van der Waals surface area contributed by atoms with E-state index in [1.54, 1.807) is 36.4 Å². The van der Waals surface area contributed by atoms with Gasteiger partial charge in [0.15, 0.2) is 11.5 Å². The average molecular weight is 358 g/mol. The summed E-state index contributed by atoms with van der Waals surface area (Å²) in [4.78, 5) is 12.5. The lowest BCUT2D eigenvalue weighted by Gasteiger charge is -2.10. The molecular formula is C19H16ClNO4. The summed E-state index contributed by atoms with van der Waals surface area (Å²) in [6.07, 6.45) is 1.46. The number of carbonyl (C=O) groups excluding carboxylic acids is 1. The van der Waals surface area contributed by atoms with E-state index in [4.69, 9.17) is 25.8 Å². The number of nitriles is 1. The van der Waals surface area contributed by atoms with Crippen LogP contribution in [0, 0.1) is 11.3 Å². The van der Waals surface area contributed by atoms with Crippen LogP contribution in [-0.4, -0.2) is 27.1 Å². The van der Waals surface area contributed by atoms with Gasteiger partial charge >= 0.3 is 0 Å². The van der Waals surface area contributed by atoms with E-state index >= 15 is 0 Å². The zero-order valence-electron chi connectivity index (χ0n) is 14.0. The highest BCUT2D eigenvalue weighted by Gasteiger charge is 2.15. The minimum absolute atomic E-state index is 0.0200. The summed E-state index contributed by atoms with van der Waals surface area (Å²) >= 11 is 6.15. The number of benzene rings is 2. The van der Waals surface area contributed by atoms with Gasteiger partial charge in [-0.15, -0.1) is 0 Å². The summed E-state index contributed by atoms with van der Waals surface area (Å²) in [5.41, 5.74) is 0.926. The van der Waals surface area contributed by atoms with Crippen molar-refractivity contribution in [3.05, 3.63) is 58.1 Å². The van der Waals surface area contributed by atoms with Gasteiger partial charge in [0.1, 0.15) is 17.4 Å². The molecule has 0 aromatic heterocycles. The first-order valence-corrected chi connectivity index (χ1v) is 7.64. The van der Waals surface area contributed by atoms with Crippen molar-refractivity contribution in [2.24, 2.45) is 0 Å². The Hall–Kier alpha value is -2.97. The highest BCUT2D eigenvalue weighted by atomic mass is 35.5. The normalized spacial score (nSPS) is 10.8. The molecule has 0 radical (unpaired) electrons. The van der Waals surface area contributed by atoms with E-state index in [9.17, 15) is 10.1 Å². The molecule has 0 aliphatic carbocycles. The molecule has 2 rings (SSSR count). The first-order valence-electron chi connectivity index (χ1n) is 7.26. The Morgan fingerprint density at radius 3 is 2.28 bits per heavy atom. The smallest absolute Gasteiger partial charge is 0.203 e. The third kappa shape index (κ3) is 4.11. The summed E-state index contributed by atoms with van der Waals surface area (Å²) in [6.45, 7) is 0. The standard InChI is InChI=1S/C19H16ClNO4/c1-23-15-6-4-13(5-7-15)18(22)14(11-21)8-12-9-16(20)19(25-3)17(10-12)24-2/h4-10H,1-3H3/b14-8+. The number of halogens is 1. The van der Waals surface area contributed by atoms with Crippen LogP contribution in [0.2, 0.25) is 5.02 Å². The summed E-state index contributed by atoms with van der Waals surface area (Å²) in [5.74, 6) is 1.04. The molecule has 128 valence electrons. The van der Waals surface area contributed by atoms with E-state index in [1.165, 1.54) is 27.4 Å². The number of Topliss-reactive ketones (excluding diaryl/α,β-unsaturated/α-hetero) is 1. The topological polar surface area (TPSA) is 68.6 Å². The number of ether oxygens (including phenoxy) is 3. The molecule has 0 bridgehead atoms. The molecule has 0 saturated carbocycles. The van der Waals surface area contributed by atoms with Gasteiger partial charge in [0, 0.05) is 5.56 Å². The van der Waals surface area contributed by atoms with Crippen LogP contribution in [0.5, 0.6) is 17.2 Å². The monoisotopic (exact) mass is 357 g/mol. The average Bonchev–Trinajstić information content (AvgIpc) is 2.65. The molecule has 0 aliphatic heterocycles. The van der Waals surface area contributed by atoms with E-state index in [2.05, 4.69) is 0 Å². The predicted molar refractivity (Wildman–Crippen MR) is 95.5 cm³/mol. The van der Waals surface area contributed by atoms with Gasteiger partial charge in [-0.2, -0.15) is 5.26 Å². The molecule has 0 heterocycles. The number of hydrogen-bond donors (Lipinski definition) is 0. The van der Waals surface area contributed by atoms with Crippen LogP contribution in [0.25, 0.3) is 6.08 Å². The van der Waals surface area contributed by atoms with E-state index in [0.29, 0.717) is 33.4 Å². The molecule has 2 aromatic carbocycles. The fourth-order valence-electron chi connectivity index (χ4n) is 2.23. The van der Waals surface area contributed by atoms with Gasteiger partial charge in [-0.25, -0.2) is 0 Å². The fraction of sp³-hybridized carbons (Fsp3) is 0.158. The minimum atomic E-state index is -0.393. The number of carbonyl (C=O) groups is 1. The second kappa shape index (κ2) is 8.22. The quantitative estimate of drug-likeness (QED) is 0.441. The maximum atomic E-state index is 12.5. The Balaban J connectivity index is 2.41. The number of hydrogen-bond acceptors (Lipinski definition) is 5. The van der Waals surface area contributed by atoms with Crippen molar-refractivity contribution < 1.29 is 19.0 Å². The minimum Gasteiger partial charge on any atom is -0.497 e. The zero-order valence-corrected chi connectivity index (χ0v) is 14.8. The molecule has 0 fully saturated rings. The largest absolute Gasteiger partial charge is 0.497 e.